The fourth-order valence-corrected chi connectivity index (χ4v) is 4.75. The first kappa shape index (κ1) is 19.4. The minimum Gasteiger partial charge on any atom is -0.477 e. The van der Waals surface area contributed by atoms with Crippen molar-refractivity contribution in [3.63, 3.8) is 0 Å². The molecule has 0 aromatic heterocycles. The topological polar surface area (TPSA) is 130 Å². The molecule has 144 valence electrons. The molecule has 0 aromatic carbocycles. The highest BCUT2D eigenvalue weighted by atomic mass is 32.2. The second-order valence-corrected chi connectivity index (χ2v) is 7.81. The molecule has 0 spiro atoms. The van der Waals surface area contributed by atoms with Crippen LogP contribution in [0.4, 0.5) is 0 Å². The van der Waals surface area contributed by atoms with Crippen molar-refractivity contribution in [2.45, 2.75) is 43.6 Å². The highest BCUT2D eigenvalue weighted by Crippen LogP contribution is 2.41. The molecule has 2 amide bonds. The summed E-state index contributed by atoms with van der Waals surface area (Å²) in [7, 11) is 0. The van der Waals surface area contributed by atoms with Crippen LogP contribution in [0.2, 0.25) is 0 Å². The third-order valence-electron chi connectivity index (χ3n) is 4.73. The number of carboxylic acids is 1. The first-order valence-corrected chi connectivity index (χ1v) is 9.65. The minimum absolute atomic E-state index is 0.00525. The molecule has 4 N–H and O–H groups in total. The van der Waals surface area contributed by atoms with Gasteiger partial charge in [0.05, 0.1) is 0 Å². The van der Waals surface area contributed by atoms with Crippen molar-refractivity contribution < 1.29 is 24.3 Å². The van der Waals surface area contributed by atoms with Gasteiger partial charge in [-0.15, -0.1) is 11.8 Å². The Morgan fingerprint density at radius 3 is 2.74 bits per heavy atom. The van der Waals surface area contributed by atoms with Gasteiger partial charge in [-0.1, -0.05) is 18.2 Å². The lowest BCUT2D eigenvalue weighted by Gasteiger charge is -2.49. The van der Waals surface area contributed by atoms with E-state index in [1.165, 1.54) is 18.7 Å². The number of rotatable bonds is 6. The van der Waals surface area contributed by atoms with Crippen molar-refractivity contribution in [2.24, 2.45) is 5.73 Å². The predicted molar refractivity (Wildman–Crippen MR) is 99.4 cm³/mol. The largest absolute Gasteiger partial charge is 0.477 e. The minimum atomic E-state index is -1.24. The lowest BCUT2D eigenvalue weighted by Crippen LogP contribution is -2.71. The molecule has 2 aliphatic heterocycles. The van der Waals surface area contributed by atoms with Crippen LogP contribution in [-0.2, 0) is 19.2 Å². The summed E-state index contributed by atoms with van der Waals surface area (Å²) in [6, 6.07) is -1.66. The van der Waals surface area contributed by atoms with Gasteiger partial charge in [-0.2, -0.15) is 0 Å². The van der Waals surface area contributed by atoms with E-state index < -0.39 is 35.2 Å². The number of aliphatic carboxylic acids is 1. The van der Waals surface area contributed by atoms with Crippen molar-refractivity contribution in [1.82, 2.24) is 10.2 Å². The Balaban J connectivity index is 1.71. The van der Waals surface area contributed by atoms with Crippen molar-refractivity contribution in [3.05, 3.63) is 35.1 Å². The fourth-order valence-electron chi connectivity index (χ4n) is 3.40. The summed E-state index contributed by atoms with van der Waals surface area (Å²) < 4.78 is 0. The molecule has 0 bridgehead atoms. The second kappa shape index (κ2) is 7.69. The smallest absolute Gasteiger partial charge is 0.352 e. The van der Waals surface area contributed by atoms with Crippen molar-refractivity contribution in [2.75, 3.05) is 5.75 Å². The molecule has 8 nitrogen and oxygen atoms in total. The Hall–Kier alpha value is -2.39. The molecule has 9 heteroatoms. The quantitative estimate of drug-likeness (QED) is 0.439. The van der Waals surface area contributed by atoms with E-state index in [-0.39, 0.29) is 17.9 Å². The summed E-state index contributed by atoms with van der Waals surface area (Å²) >= 11 is 1.34. The summed E-state index contributed by atoms with van der Waals surface area (Å²) in [6.45, 7) is 1.38. The van der Waals surface area contributed by atoms with Crippen LogP contribution >= 0.6 is 11.8 Å². The number of hydrogen-bond acceptors (Lipinski definition) is 6. The molecule has 3 atom stereocenters. The molecule has 3 rings (SSSR count). The van der Waals surface area contributed by atoms with Gasteiger partial charge in [0.25, 0.3) is 5.91 Å². The molecule has 1 aliphatic carbocycles. The van der Waals surface area contributed by atoms with Crippen LogP contribution in [0.15, 0.2) is 35.1 Å². The molecule has 3 aliphatic rings. The first-order valence-electron chi connectivity index (χ1n) is 8.60. The second-order valence-electron chi connectivity index (χ2n) is 6.70. The SMILES string of the molecule is CC(=O)CC1=C(C(=O)O)N2C(=O)[C@@H](NC(=O)C(N)C3=CCC=CC3)[C@@H]2SC1. The predicted octanol–water partition coefficient (Wildman–Crippen LogP) is 0.308. The number of carbonyl (C=O) groups is 4. The molecule has 0 radical (unpaired) electrons. The fraction of sp³-hybridized carbons (Fsp3) is 0.444. The Morgan fingerprint density at radius 2 is 2.15 bits per heavy atom. The molecule has 27 heavy (non-hydrogen) atoms. The molecule has 1 fully saturated rings. The van der Waals surface area contributed by atoms with E-state index in [9.17, 15) is 24.3 Å². The number of fused-ring (bicyclic) bond motifs is 1. The van der Waals surface area contributed by atoms with Gasteiger partial charge >= 0.3 is 5.97 Å². The van der Waals surface area contributed by atoms with Gasteiger partial charge in [0.15, 0.2) is 0 Å². The molecule has 1 unspecified atom stereocenters. The van der Waals surface area contributed by atoms with Gasteiger partial charge in [0.1, 0.15) is 28.9 Å². The monoisotopic (exact) mass is 391 g/mol. The Morgan fingerprint density at radius 1 is 1.41 bits per heavy atom. The maximum atomic E-state index is 12.5. The number of thioether (sulfide) groups is 1. The van der Waals surface area contributed by atoms with Crippen LogP contribution in [0.5, 0.6) is 0 Å². The third kappa shape index (κ3) is 3.70. The van der Waals surface area contributed by atoms with Gasteiger partial charge in [-0.05, 0) is 30.9 Å². The maximum Gasteiger partial charge on any atom is 0.352 e. The molecule has 1 saturated heterocycles. The zero-order chi connectivity index (χ0) is 19.7. The normalized spacial score (nSPS) is 25.3. The van der Waals surface area contributed by atoms with E-state index >= 15 is 0 Å². The van der Waals surface area contributed by atoms with Gasteiger partial charge in [-0.3, -0.25) is 19.3 Å². The van der Waals surface area contributed by atoms with E-state index in [2.05, 4.69) is 5.32 Å². The summed E-state index contributed by atoms with van der Waals surface area (Å²) in [5.74, 6) is -2.04. The molecular weight excluding hydrogens is 370 g/mol. The van der Waals surface area contributed by atoms with Gasteiger partial charge in [-0.25, -0.2) is 4.79 Å². The third-order valence-corrected chi connectivity index (χ3v) is 6.07. The van der Waals surface area contributed by atoms with E-state index in [1.54, 1.807) is 0 Å². The highest BCUT2D eigenvalue weighted by Gasteiger charge is 2.54. The van der Waals surface area contributed by atoms with Crippen molar-refractivity contribution >= 4 is 35.3 Å². The zero-order valence-corrected chi connectivity index (χ0v) is 15.6. The number of nitrogens with one attached hydrogen (secondary N) is 1. The van der Waals surface area contributed by atoms with E-state index in [0.29, 0.717) is 17.7 Å². The standard InChI is InChI=1S/C18H21N3O5S/c1-9(22)7-11-8-27-17-13(16(24)21(17)14(11)18(25)26)20-15(23)12(19)10-5-3-2-4-6-10/h2-3,6,12-13,17H,4-5,7-8,19H2,1H3,(H,20,23)(H,25,26)/t12?,13-,17+/m1/s1. The summed E-state index contributed by atoms with van der Waals surface area (Å²) in [4.78, 5) is 49.1. The highest BCUT2D eigenvalue weighted by molar-refractivity contribution is 8.00. The number of Topliss-reactive ketones (excluding diaryl/α,β-unsaturated/α-hetero) is 1. The van der Waals surface area contributed by atoms with Crippen molar-refractivity contribution in [3.8, 4) is 0 Å². The number of amides is 2. The van der Waals surface area contributed by atoms with Crippen LogP contribution in [-0.4, -0.2) is 56.8 Å². The number of carboxylic acid groups (broad SMARTS) is 1. The van der Waals surface area contributed by atoms with Gasteiger partial charge in [0.2, 0.25) is 5.91 Å². The summed E-state index contributed by atoms with van der Waals surface area (Å²) in [6.07, 6.45) is 7.13. The molecular formula is C18H21N3O5S. The number of ketones is 1. The average Bonchev–Trinajstić information content (AvgIpc) is 2.64. The Kier molecular flexibility index (Phi) is 5.52. The summed E-state index contributed by atoms with van der Waals surface area (Å²) in [5, 5.41) is 11.6. The van der Waals surface area contributed by atoms with Crippen LogP contribution in [0.3, 0.4) is 0 Å². The van der Waals surface area contributed by atoms with Crippen LogP contribution in [0.1, 0.15) is 26.2 Å². The lowest BCUT2D eigenvalue weighted by molar-refractivity contribution is -0.150. The number of hydrogen-bond donors (Lipinski definition) is 3. The average molecular weight is 391 g/mol. The Labute approximate surface area is 160 Å². The number of allylic oxidation sites excluding steroid dienone is 3. The summed E-state index contributed by atoms with van der Waals surface area (Å²) in [5.41, 5.74) is 7.07. The van der Waals surface area contributed by atoms with Crippen LogP contribution < -0.4 is 11.1 Å². The van der Waals surface area contributed by atoms with E-state index in [0.717, 1.165) is 16.9 Å². The molecule has 0 saturated carbocycles. The lowest BCUT2D eigenvalue weighted by atomic mass is 9.97. The zero-order valence-electron chi connectivity index (χ0n) is 14.8. The van der Waals surface area contributed by atoms with Crippen molar-refractivity contribution in [1.29, 1.82) is 0 Å². The number of β-lactam (4-membered cyclic amide) rings is 1. The van der Waals surface area contributed by atoms with Gasteiger partial charge in [0, 0.05) is 12.2 Å². The van der Waals surface area contributed by atoms with Crippen LogP contribution in [0, 0.1) is 0 Å². The first-order chi connectivity index (χ1) is 12.8. The number of nitrogens with zero attached hydrogens (tertiary/aromatic N) is 1. The van der Waals surface area contributed by atoms with E-state index in [4.69, 9.17) is 5.73 Å². The Bertz CT molecular complexity index is 801. The maximum absolute atomic E-state index is 12.5. The van der Waals surface area contributed by atoms with Gasteiger partial charge < -0.3 is 16.2 Å². The molecule has 2 heterocycles. The number of carbonyl (C=O) groups excluding carboxylic acids is 3. The molecule has 0 aromatic rings. The number of nitrogens with two attached hydrogens (primary N) is 1. The van der Waals surface area contributed by atoms with E-state index in [1.807, 2.05) is 18.2 Å². The van der Waals surface area contributed by atoms with Crippen LogP contribution in [0.25, 0.3) is 0 Å².